The molecule has 2 saturated heterocycles. The third-order valence-electron chi connectivity index (χ3n) is 6.71. The van der Waals surface area contributed by atoms with Crippen molar-refractivity contribution in [2.45, 2.75) is 46.8 Å². The van der Waals surface area contributed by atoms with Gasteiger partial charge >= 0.3 is 0 Å². The molecule has 14 heteroatoms. The molecule has 37 heavy (non-hydrogen) atoms. The molecule has 0 radical (unpaired) electrons. The van der Waals surface area contributed by atoms with Gasteiger partial charge in [0.25, 0.3) is 0 Å². The van der Waals surface area contributed by atoms with Gasteiger partial charge in [0.15, 0.2) is 0 Å². The van der Waals surface area contributed by atoms with Gasteiger partial charge in [-0.2, -0.15) is 4.31 Å². The van der Waals surface area contributed by atoms with Gasteiger partial charge in [0.1, 0.15) is 18.5 Å². The van der Waals surface area contributed by atoms with E-state index in [0.29, 0.717) is 44.7 Å². The molecule has 12 nitrogen and oxygen atoms in total. The van der Waals surface area contributed by atoms with Gasteiger partial charge in [-0.1, -0.05) is 6.07 Å². The van der Waals surface area contributed by atoms with Gasteiger partial charge in [-0.15, -0.1) is 0 Å². The molecule has 1 aromatic heterocycles. The van der Waals surface area contributed by atoms with Crippen molar-refractivity contribution < 1.29 is 31.4 Å². The van der Waals surface area contributed by atoms with Crippen molar-refractivity contribution in [2.24, 2.45) is 0 Å². The first-order valence-electron chi connectivity index (χ1n) is 11.9. The van der Waals surface area contributed by atoms with Crippen LogP contribution >= 0.6 is 0 Å². The fourth-order valence-corrected chi connectivity index (χ4v) is 6.74. The Morgan fingerprint density at radius 3 is 2.62 bits per heavy atom. The zero-order valence-electron chi connectivity index (χ0n) is 20.4. The van der Waals surface area contributed by atoms with Crippen LogP contribution in [0.4, 0.5) is 0 Å². The van der Waals surface area contributed by atoms with Gasteiger partial charge in [-0.25, -0.2) is 21.6 Å². The number of ether oxygens (including phenoxy) is 2. The minimum atomic E-state index is -3.69. The van der Waals surface area contributed by atoms with Crippen LogP contribution in [0.1, 0.15) is 19.3 Å². The number of aromatic amines is 1. The molecule has 3 heterocycles. The number of aliphatic hydroxyl groups excluding tert-OH is 1. The van der Waals surface area contributed by atoms with Crippen LogP contribution in [-0.4, -0.2) is 88.9 Å². The first-order valence-corrected chi connectivity index (χ1v) is 14.9. The van der Waals surface area contributed by atoms with E-state index in [2.05, 4.69) is 15.0 Å². The monoisotopic (exact) mass is 556 g/mol. The van der Waals surface area contributed by atoms with Gasteiger partial charge < -0.3 is 24.9 Å². The molecule has 204 valence electrons. The van der Waals surface area contributed by atoms with Gasteiger partial charge in [0.2, 0.25) is 25.6 Å². The second-order valence-corrected chi connectivity index (χ2v) is 13.1. The molecule has 4 N–H and O–H groups in total. The summed E-state index contributed by atoms with van der Waals surface area (Å²) in [6, 6.07) is 8.53. The van der Waals surface area contributed by atoms with Crippen LogP contribution < -0.4 is 20.3 Å². The highest BCUT2D eigenvalue weighted by Crippen LogP contribution is 2.37. The van der Waals surface area contributed by atoms with E-state index in [-0.39, 0.29) is 34.5 Å². The lowest BCUT2D eigenvalue weighted by Gasteiger charge is -2.38. The molecule has 0 bridgehead atoms. The molecule has 2 fully saturated rings. The lowest BCUT2D eigenvalue weighted by molar-refractivity contribution is -0.0312. The Balaban J connectivity index is 1.23. The van der Waals surface area contributed by atoms with Crippen molar-refractivity contribution in [3.8, 4) is 5.75 Å². The zero-order valence-corrected chi connectivity index (χ0v) is 22.1. The number of nitrogens with one attached hydrogen (secondary N) is 3. The smallest absolute Gasteiger partial charge is 0.247 e. The average Bonchev–Trinajstić information content (AvgIpc) is 3.29. The summed E-state index contributed by atoms with van der Waals surface area (Å²) in [6.07, 6.45) is 2.17. The third-order valence-corrected chi connectivity index (χ3v) is 10.0. The van der Waals surface area contributed by atoms with E-state index in [1.165, 1.54) is 41.8 Å². The number of aromatic nitrogens is 1. The third kappa shape index (κ3) is 6.57. The van der Waals surface area contributed by atoms with Gasteiger partial charge in [-0.05, 0) is 44.5 Å². The predicted octanol–water partition coefficient (Wildman–Crippen LogP) is -0.375. The molecule has 2 aromatic rings. The van der Waals surface area contributed by atoms with Crippen molar-refractivity contribution in [3.05, 3.63) is 52.9 Å². The number of aliphatic hydroxyl groups is 1. The Morgan fingerprint density at radius 2 is 1.95 bits per heavy atom. The standard InChI is InChI=1S/C23H32N4O8S2/c1-24-36(30,31)20-4-2-3-19(11-20)34-16-18(28)13-25-17-12-23(35-15-17)7-9-27(10-8-23)37(32,33)21-5-6-22(29)26-14-21/h2-6,11,14,17-18,24-25,28H,7-10,12-13,15-16H2,1H3,(H,26,29). The lowest BCUT2D eigenvalue weighted by Crippen LogP contribution is -2.47. The lowest BCUT2D eigenvalue weighted by atomic mass is 9.88. The van der Waals surface area contributed by atoms with Gasteiger partial charge in [0.05, 0.1) is 22.0 Å². The number of pyridine rings is 1. The summed E-state index contributed by atoms with van der Waals surface area (Å²) < 4.78 is 64.9. The molecule has 2 atom stereocenters. The SMILES string of the molecule is CNS(=O)(=O)c1cccc(OCC(O)CNC2COC3(CCN(S(=O)(=O)c4ccc(=O)[nH]c4)CC3)C2)c1. The summed E-state index contributed by atoms with van der Waals surface area (Å²) >= 11 is 0. The van der Waals surface area contributed by atoms with Crippen molar-refractivity contribution in [3.63, 3.8) is 0 Å². The highest BCUT2D eigenvalue weighted by Gasteiger charge is 2.44. The van der Waals surface area contributed by atoms with Crippen LogP contribution in [0.3, 0.4) is 0 Å². The van der Waals surface area contributed by atoms with E-state index >= 15 is 0 Å². The Bertz CT molecular complexity index is 1330. The van der Waals surface area contributed by atoms with Gasteiger partial charge in [0, 0.05) is 44.0 Å². The number of benzene rings is 1. The molecule has 1 spiro atoms. The molecule has 2 aliphatic rings. The fourth-order valence-electron chi connectivity index (χ4n) is 4.57. The van der Waals surface area contributed by atoms with Crippen LogP contribution in [0.15, 0.2) is 57.2 Å². The molecule has 4 rings (SSSR count). The van der Waals surface area contributed by atoms with Crippen LogP contribution in [0, 0.1) is 0 Å². The van der Waals surface area contributed by atoms with Crippen molar-refractivity contribution in [2.75, 3.05) is 39.9 Å². The van der Waals surface area contributed by atoms with E-state index < -0.39 is 31.8 Å². The topological polar surface area (TPSA) is 167 Å². The number of rotatable bonds is 10. The average molecular weight is 557 g/mol. The van der Waals surface area contributed by atoms with E-state index in [1.807, 2.05) is 0 Å². The summed E-state index contributed by atoms with van der Waals surface area (Å²) in [5, 5.41) is 13.6. The summed E-state index contributed by atoms with van der Waals surface area (Å²) in [4.78, 5) is 13.8. The quantitative estimate of drug-likeness (QED) is 0.305. The first kappa shape index (κ1) is 27.7. The Kier molecular flexibility index (Phi) is 8.38. The highest BCUT2D eigenvalue weighted by atomic mass is 32.2. The minimum absolute atomic E-state index is 0.00102. The zero-order chi connectivity index (χ0) is 26.7. The van der Waals surface area contributed by atoms with Crippen LogP contribution in [-0.2, 0) is 24.8 Å². The normalized spacial score (nSPS) is 21.2. The summed E-state index contributed by atoms with van der Waals surface area (Å²) in [5.41, 5.74) is -0.782. The van der Waals surface area contributed by atoms with Crippen LogP contribution in [0.5, 0.6) is 5.75 Å². The molecule has 0 saturated carbocycles. The highest BCUT2D eigenvalue weighted by molar-refractivity contribution is 7.89. The van der Waals surface area contributed by atoms with Crippen molar-refractivity contribution >= 4 is 20.0 Å². The Morgan fingerprint density at radius 1 is 1.19 bits per heavy atom. The Labute approximate surface area is 216 Å². The van der Waals surface area contributed by atoms with Crippen LogP contribution in [0.2, 0.25) is 0 Å². The predicted molar refractivity (Wildman–Crippen MR) is 134 cm³/mol. The number of hydrogen-bond donors (Lipinski definition) is 4. The number of H-pyrrole nitrogens is 1. The molecule has 0 aliphatic carbocycles. The number of nitrogens with zero attached hydrogens (tertiary/aromatic N) is 1. The first-order chi connectivity index (χ1) is 17.5. The second kappa shape index (κ2) is 11.2. The number of hydrogen-bond acceptors (Lipinski definition) is 9. The summed E-state index contributed by atoms with van der Waals surface area (Å²) in [6.45, 7) is 1.31. The van der Waals surface area contributed by atoms with Crippen molar-refractivity contribution in [1.29, 1.82) is 0 Å². The fraction of sp³-hybridized carbons (Fsp3) is 0.522. The summed E-state index contributed by atoms with van der Waals surface area (Å²) in [7, 11) is -5.95. The van der Waals surface area contributed by atoms with E-state index in [9.17, 15) is 26.7 Å². The maximum atomic E-state index is 12.9. The Hall–Kier alpha value is -2.33. The van der Waals surface area contributed by atoms with E-state index in [1.54, 1.807) is 12.1 Å². The van der Waals surface area contributed by atoms with E-state index in [4.69, 9.17) is 9.47 Å². The molecule has 2 unspecified atom stereocenters. The minimum Gasteiger partial charge on any atom is -0.491 e. The van der Waals surface area contributed by atoms with E-state index in [0.717, 1.165) is 0 Å². The molecule has 1 aromatic carbocycles. The van der Waals surface area contributed by atoms with Crippen molar-refractivity contribution in [1.82, 2.24) is 19.3 Å². The molecular weight excluding hydrogens is 524 g/mol. The summed E-state index contributed by atoms with van der Waals surface area (Å²) in [5.74, 6) is 0.335. The maximum Gasteiger partial charge on any atom is 0.247 e. The molecule has 2 aliphatic heterocycles. The number of piperidine rings is 1. The molecular formula is C23H32N4O8S2. The van der Waals surface area contributed by atoms with Crippen LogP contribution in [0.25, 0.3) is 0 Å². The van der Waals surface area contributed by atoms with Gasteiger partial charge in [-0.3, -0.25) is 4.79 Å². The number of sulfonamides is 2. The molecule has 0 amide bonds. The largest absolute Gasteiger partial charge is 0.491 e. The maximum absolute atomic E-state index is 12.9. The second-order valence-electron chi connectivity index (χ2n) is 9.24.